The van der Waals surface area contributed by atoms with Gasteiger partial charge in [-0.2, -0.15) is 0 Å². The Bertz CT molecular complexity index is 686. The van der Waals surface area contributed by atoms with Crippen LogP contribution in [0.1, 0.15) is 23.7 Å². The zero-order chi connectivity index (χ0) is 16.7. The zero-order valence-corrected chi connectivity index (χ0v) is 13.4. The highest BCUT2D eigenvalue weighted by Gasteiger charge is 2.07. The molecule has 2 aromatic carbocycles. The number of ether oxygens (including phenoxy) is 1. The summed E-state index contributed by atoms with van der Waals surface area (Å²) >= 11 is 5.86. The Balaban J connectivity index is 1.92. The third-order valence-electron chi connectivity index (χ3n) is 2.90. The fourth-order valence-electron chi connectivity index (χ4n) is 1.83. The zero-order valence-electron chi connectivity index (χ0n) is 12.6. The average molecular weight is 333 g/mol. The van der Waals surface area contributed by atoms with E-state index in [2.05, 4.69) is 10.6 Å². The van der Waals surface area contributed by atoms with Gasteiger partial charge in [0.1, 0.15) is 0 Å². The number of rotatable bonds is 5. The molecule has 0 radical (unpaired) electrons. The third kappa shape index (κ3) is 5.30. The highest BCUT2D eigenvalue weighted by atomic mass is 35.5. The molecule has 23 heavy (non-hydrogen) atoms. The van der Waals surface area contributed by atoms with E-state index in [1.165, 1.54) is 0 Å². The SMILES string of the molecule is CCCOC(=O)c1ccc(NC(=O)Nc2cccc(Cl)c2)cc1. The van der Waals surface area contributed by atoms with Crippen molar-refractivity contribution in [3.63, 3.8) is 0 Å². The van der Waals surface area contributed by atoms with Crippen LogP contribution in [0.5, 0.6) is 0 Å². The number of hydrogen-bond acceptors (Lipinski definition) is 3. The van der Waals surface area contributed by atoms with Gasteiger partial charge < -0.3 is 15.4 Å². The molecule has 0 fully saturated rings. The second kappa shape index (κ2) is 8.19. The van der Waals surface area contributed by atoms with Gasteiger partial charge in [-0.25, -0.2) is 9.59 Å². The molecule has 0 aliphatic rings. The lowest BCUT2D eigenvalue weighted by Crippen LogP contribution is -2.19. The van der Waals surface area contributed by atoms with Crippen molar-refractivity contribution >= 4 is 35.0 Å². The minimum Gasteiger partial charge on any atom is -0.462 e. The van der Waals surface area contributed by atoms with E-state index in [4.69, 9.17) is 16.3 Å². The van der Waals surface area contributed by atoms with Crippen molar-refractivity contribution in [2.75, 3.05) is 17.2 Å². The molecule has 2 aromatic rings. The lowest BCUT2D eigenvalue weighted by Gasteiger charge is -2.08. The van der Waals surface area contributed by atoms with Gasteiger partial charge in [0.15, 0.2) is 0 Å². The number of esters is 1. The van der Waals surface area contributed by atoms with Crippen molar-refractivity contribution in [3.8, 4) is 0 Å². The number of nitrogens with one attached hydrogen (secondary N) is 2. The number of hydrogen-bond donors (Lipinski definition) is 2. The number of amides is 2. The first kappa shape index (κ1) is 16.8. The summed E-state index contributed by atoms with van der Waals surface area (Å²) in [5, 5.41) is 5.88. The first-order valence-corrected chi connectivity index (χ1v) is 7.57. The molecule has 2 amide bonds. The largest absolute Gasteiger partial charge is 0.462 e. The molecule has 2 rings (SSSR count). The summed E-state index contributed by atoms with van der Waals surface area (Å²) in [5.41, 5.74) is 1.60. The van der Waals surface area contributed by atoms with Crippen LogP contribution < -0.4 is 10.6 Å². The lowest BCUT2D eigenvalue weighted by atomic mass is 10.2. The van der Waals surface area contributed by atoms with Crippen molar-refractivity contribution in [1.29, 1.82) is 0 Å². The molecule has 2 N–H and O–H groups in total. The Morgan fingerprint density at radius 1 is 1.04 bits per heavy atom. The minimum absolute atomic E-state index is 0.373. The van der Waals surface area contributed by atoms with Crippen LogP contribution >= 0.6 is 11.6 Å². The molecule has 0 aliphatic heterocycles. The van der Waals surface area contributed by atoms with Crippen molar-refractivity contribution in [1.82, 2.24) is 0 Å². The van der Waals surface area contributed by atoms with E-state index in [1.807, 2.05) is 6.92 Å². The van der Waals surface area contributed by atoms with Crippen LogP contribution in [0.3, 0.4) is 0 Å². The molecule has 0 heterocycles. The summed E-state index contributed by atoms with van der Waals surface area (Å²) in [5.74, 6) is -0.373. The summed E-state index contributed by atoms with van der Waals surface area (Å²) in [6.07, 6.45) is 0.773. The van der Waals surface area contributed by atoms with Gasteiger partial charge in [-0.1, -0.05) is 24.6 Å². The van der Waals surface area contributed by atoms with Gasteiger partial charge in [0.05, 0.1) is 12.2 Å². The number of anilines is 2. The number of carbonyl (C=O) groups is 2. The van der Waals surface area contributed by atoms with E-state index in [0.717, 1.165) is 6.42 Å². The molecule has 0 spiro atoms. The number of urea groups is 1. The smallest absolute Gasteiger partial charge is 0.338 e. The Labute approximate surface area is 139 Å². The predicted octanol–water partition coefficient (Wildman–Crippen LogP) is 4.55. The van der Waals surface area contributed by atoms with Gasteiger partial charge in [-0.05, 0) is 48.9 Å². The second-order valence-electron chi connectivity index (χ2n) is 4.80. The van der Waals surface area contributed by atoms with Gasteiger partial charge in [-0.3, -0.25) is 0 Å². The van der Waals surface area contributed by atoms with E-state index in [9.17, 15) is 9.59 Å². The van der Waals surface area contributed by atoms with Crippen LogP contribution in [0.25, 0.3) is 0 Å². The van der Waals surface area contributed by atoms with Crippen LogP contribution in [0, 0.1) is 0 Å². The van der Waals surface area contributed by atoms with Crippen molar-refractivity contribution in [3.05, 3.63) is 59.1 Å². The number of halogens is 1. The van der Waals surface area contributed by atoms with Gasteiger partial charge in [0.25, 0.3) is 0 Å². The lowest BCUT2D eigenvalue weighted by molar-refractivity contribution is 0.0505. The van der Waals surface area contributed by atoms with Crippen LogP contribution in [0.4, 0.5) is 16.2 Å². The third-order valence-corrected chi connectivity index (χ3v) is 3.13. The maximum atomic E-state index is 11.9. The normalized spacial score (nSPS) is 10.0. The molecule has 5 nitrogen and oxygen atoms in total. The summed E-state index contributed by atoms with van der Waals surface area (Å²) < 4.78 is 5.04. The monoisotopic (exact) mass is 332 g/mol. The molecular formula is C17H17ClN2O3. The standard InChI is InChI=1S/C17H17ClN2O3/c1-2-10-23-16(21)12-6-8-14(9-7-12)19-17(22)20-15-5-3-4-13(18)11-15/h3-9,11H,2,10H2,1H3,(H2,19,20,22). The molecule has 0 aliphatic carbocycles. The molecule has 0 saturated carbocycles. The molecule has 0 atom stereocenters. The summed E-state index contributed by atoms with van der Waals surface area (Å²) in [7, 11) is 0. The first-order valence-electron chi connectivity index (χ1n) is 7.19. The van der Waals surface area contributed by atoms with Gasteiger partial charge >= 0.3 is 12.0 Å². The van der Waals surface area contributed by atoms with E-state index in [1.54, 1.807) is 48.5 Å². The Morgan fingerprint density at radius 2 is 1.74 bits per heavy atom. The van der Waals surface area contributed by atoms with Gasteiger partial charge in [-0.15, -0.1) is 0 Å². The van der Waals surface area contributed by atoms with Gasteiger partial charge in [0.2, 0.25) is 0 Å². The highest BCUT2D eigenvalue weighted by Crippen LogP contribution is 2.16. The minimum atomic E-state index is -0.395. The van der Waals surface area contributed by atoms with E-state index < -0.39 is 6.03 Å². The van der Waals surface area contributed by atoms with Crippen LogP contribution in [0.15, 0.2) is 48.5 Å². The fraction of sp³-hybridized carbons (Fsp3) is 0.176. The maximum Gasteiger partial charge on any atom is 0.338 e. The first-order chi connectivity index (χ1) is 11.1. The molecule has 0 aromatic heterocycles. The second-order valence-corrected chi connectivity index (χ2v) is 5.24. The van der Waals surface area contributed by atoms with Crippen molar-refractivity contribution in [2.24, 2.45) is 0 Å². The van der Waals surface area contributed by atoms with E-state index >= 15 is 0 Å². The summed E-state index contributed by atoms with van der Waals surface area (Å²) in [6, 6.07) is 12.9. The molecule has 0 unspecified atom stereocenters. The Hall–Kier alpha value is -2.53. The Kier molecular flexibility index (Phi) is 6.00. The van der Waals surface area contributed by atoms with E-state index in [0.29, 0.717) is 28.6 Å². The van der Waals surface area contributed by atoms with E-state index in [-0.39, 0.29) is 5.97 Å². The molecule has 0 saturated heterocycles. The quantitative estimate of drug-likeness (QED) is 0.789. The molecule has 0 bridgehead atoms. The Morgan fingerprint density at radius 3 is 2.39 bits per heavy atom. The van der Waals surface area contributed by atoms with Crippen LogP contribution in [0.2, 0.25) is 5.02 Å². The van der Waals surface area contributed by atoms with Gasteiger partial charge in [0, 0.05) is 16.4 Å². The van der Waals surface area contributed by atoms with Crippen molar-refractivity contribution in [2.45, 2.75) is 13.3 Å². The topological polar surface area (TPSA) is 67.4 Å². The fourth-order valence-corrected chi connectivity index (χ4v) is 2.02. The number of benzene rings is 2. The highest BCUT2D eigenvalue weighted by molar-refractivity contribution is 6.30. The number of carbonyl (C=O) groups excluding carboxylic acids is 2. The van der Waals surface area contributed by atoms with Crippen molar-refractivity contribution < 1.29 is 14.3 Å². The molecular weight excluding hydrogens is 316 g/mol. The molecule has 6 heteroatoms. The summed E-state index contributed by atoms with van der Waals surface area (Å²) in [4.78, 5) is 23.6. The summed E-state index contributed by atoms with van der Waals surface area (Å²) in [6.45, 7) is 2.32. The van der Waals surface area contributed by atoms with Crippen LogP contribution in [-0.2, 0) is 4.74 Å². The average Bonchev–Trinajstić information content (AvgIpc) is 2.53. The predicted molar refractivity (Wildman–Crippen MR) is 91.1 cm³/mol. The molecule has 120 valence electrons. The van der Waals surface area contributed by atoms with Crippen LogP contribution in [-0.4, -0.2) is 18.6 Å². The maximum absolute atomic E-state index is 11.9.